The fourth-order valence-corrected chi connectivity index (χ4v) is 3.72. The molecule has 0 unspecified atom stereocenters. The molecule has 164 valence electrons. The molecule has 11 heteroatoms. The van der Waals surface area contributed by atoms with Crippen LogP contribution in [0.3, 0.4) is 0 Å². The van der Waals surface area contributed by atoms with Gasteiger partial charge in [0.2, 0.25) is 0 Å². The number of rotatable bonds is 6. The molecule has 0 aliphatic carbocycles. The molecular weight excluding hydrogens is 430 g/mol. The van der Waals surface area contributed by atoms with E-state index in [0.29, 0.717) is 22.7 Å². The minimum absolute atomic E-state index is 0.0109. The second kappa shape index (κ2) is 8.35. The number of nitrogens with one attached hydrogen (secondary N) is 2. The summed E-state index contributed by atoms with van der Waals surface area (Å²) in [6.45, 7) is 1.97. The van der Waals surface area contributed by atoms with Gasteiger partial charge in [-0.3, -0.25) is 9.78 Å². The zero-order chi connectivity index (χ0) is 22.9. The van der Waals surface area contributed by atoms with E-state index in [-0.39, 0.29) is 16.5 Å². The molecule has 0 aliphatic rings. The number of sulfone groups is 1. The Balaban J connectivity index is 1.50. The van der Waals surface area contributed by atoms with Crippen molar-refractivity contribution in [3.63, 3.8) is 0 Å². The number of nitrogens with zero attached hydrogens (tertiary/aromatic N) is 5. The molecule has 1 aromatic carbocycles. The zero-order valence-corrected chi connectivity index (χ0v) is 18.5. The molecular formula is C21H21N7O3S. The van der Waals surface area contributed by atoms with Crippen LogP contribution in [0.2, 0.25) is 0 Å². The second-order valence-corrected chi connectivity index (χ2v) is 9.38. The number of hydrogen-bond acceptors (Lipinski definition) is 8. The van der Waals surface area contributed by atoms with Gasteiger partial charge in [-0.15, -0.1) is 0 Å². The van der Waals surface area contributed by atoms with Gasteiger partial charge in [-0.05, 0) is 30.7 Å². The largest absolute Gasteiger partial charge is 0.362 e. The number of aryl methyl sites for hydroxylation is 1. The number of fused-ring (bicyclic) bond motifs is 1. The van der Waals surface area contributed by atoms with Gasteiger partial charge in [0.25, 0.3) is 5.91 Å². The van der Waals surface area contributed by atoms with Gasteiger partial charge >= 0.3 is 0 Å². The molecule has 0 radical (unpaired) electrons. The first-order chi connectivity index (χ1) is 15.2. The fraction of sp³-hybridized carbons (Fsp3) is 0.190. The highest BCUT2D eigenvalue weighted by molar-refractivity contribution is 7.90. The summed E-state index contributed by atoms with van der Waals surface area (Å²) in [5.41, 5.74) is 3.03. The Kier molecular flexibility index (Phi) is 5.57. The molecule has 2 N–H and O–H groups in total. The highest BCUT2D eigenvalue weighted by Gasteiger charge is 2.14. The third kappa shape index (κ3) is 4.57. The van der Waals surface area contributed by atoms with E-state index in [1.165, 1.54) is 18.5 Å². The number of aromatic nitrogens is 5. The van der Waals surface area contributed by atoms with Crippen LogP contribution in [0.4, 0.5) is 11.5 Å². The molecule has 0 fully saturated rings. The maximum atomic E-state index is 12.6. The van der Waals surface area contributed by atoms with E-state index in [9.17, 15) is 13.2 Å². The zero-order valence-electron chi connectivity index (χ0n) is 17.6. The van der Waals surface area contributed by atoms with E-state index in [2.05, 4.69) is 30.7 Å². The molecule has 10 nitrogen and oxygen atoms in total. The summed E-state index contributed by atoms with van der Waals surface area (Å²) in [5.74, 6) is 0.153. The van der Waals surface area contributed by atoms with Crippen molar-refractivity contribution in [1.82, 2.24) is 24.7 Å². The Morgan fingerprint density at radius 2 is 1.94 bits per heavy atom. The van der Waals surface area contributed by atoms with Gasteiger partial charge < -0.3 is 10.6 Å². The summed E-state index contributed by atoms with van der Waals surface area (Å²) in [7, 11) is -1.66. The van der Waals surface area contributed by atoms with E-state index in [0.717, 1.165) is 11.8 Å². The average molecular weight is 452 g/mol. The Morgan fingerprint density at radius 1 is 1.12 bits per heavy atom. The van der Waals surface area contributed by atoms with E-state index in [4.69, 9.17) is 0 Å². The number of amides is 1. The van der Waals surface area contributed by atoms with E-state index in [1.807, 2.05) is 25.1 Å². The smallest absolute Gasteiger partial charge is 0.257 e. The number of carbonyl (C=O) groups excluding carboxylic acids is 1. The molecule has 4 aromatic rings. The van der Waals surface area contributed by atoms with Crippen molar-refractivity contribution in [3.05, 3.63) is 66.2 Å². The topological polar surface area (TPSA) is 132 Å². The molecule has 0 saturated carbocycles. The summed E-state index contributed by atoms with van der Waals surface area (Å²) in [5, 5.41) is 10.2. The normalized spacial score (nSPS) is 12.5. The van der Waals surface area contributed by atoms with Crippen molar-refractivity contribution in [2.75, 3.05) is 16.9 Å². The van der Waals surface area contributed by atoms with Crippen molar-refractivity contribution in [3.8, 4) is 0 Å². The van der Waals surface area contributed by atoms with Crippen LogP contribution in [-0.2, 0) is 16.9 Å². The highest BCUT2D eigenvalue weighted by Crippen LogP contribution is 2.22. The Morgan fingerprint density at radius 3 is 2.72 bits per heavy atom. The standard InChI is InChI=1S/C21H21N7O3S/c1-13(25-19-12-23-18-11-24-28(2)20(18)27-19)14-5-4-6-16(7-14)26-21(29)15-8-17(10-22-9-15)32(3,30)31/h4-13H,1-3H3,(H,25,27)(H,26,29)/t13-/m0/s1. The summed E-state index contributed by atoms with van der Waals surface area (Å²) >= 11 is 0. The predicted octanol–water partition coefficient (Wildman–Crippen LogP) is 2.59. The molecule has 3 aromatic heterocycles. The molecule has 0 aliphatic heterocycles. The van der Waals surface area contributed by atoms with Crippen LogP contribution in [0.25, 0.3) is 11.2 Å². The molecule has 1 atom stereocenters. The van der Waals surface area contributed by atoms with Crippen LogP contribution < -0.4 is 10.6 Å². The minimum Gasteiger partial charge on any atom is -0.362 e. The lowest BCUT2D eigenvalue weighted by atomic mass is 10.1. The second-order valence-electron chi connectivity index (χ2n) is 7.36. The van der Waals surface area contributed by atoms with Crippen molar-refractivity contribution >= 4 is 38.4 Å². The lowest BCUT2D eigenvalue weighted by Gasteiger charge is -2.16. The molecule has 4 rings (SSSR count). The van der Waals surface area contributed by atoms with Gasteiger partial charge in [-0.1, -0.05) is 12.1 Å². The maximum Gasteiger partial charge on any atom is 0.257 e. The highest BCUT2D eigenvalue weighted by atomic mass is 32.2. The van der Waals surface area contributed by atoms with Gasteiger partial charge in [0.1, 0.15) is 11.3 Å². The SMILES string of the molecule is C[C@H](Nc1cnc2cnn(C)c2n1)c1cccc(NC(=O)c2cncc(S(C)(=O)=O)c2)c1. The van der Waals surface area contributed by atoms with Gasteiger partial charge in [-0.2, -0.15) is 5.10 Å². The maximum absolute atomic E-state index is 12.6. The Hall–Kier alpha value is -3.86. The van der Waals surface area contributed by atoms with Crippen molar-refractivity contribution in [2.24, 2.45) is 7.05 Å². The van der Waals surface area contributed by atoms with Crippen molar-refractivity contribution in [1.29, 1.82) is 0 Å². The van der Waals surface area contributed by atoms with Gasteiger partial charge in [0.15, 0.2) is 15.5 Å². The van der Waals surface area contributed by atoms with Crippen molar-refractivity contribution in [2.45, 2.75) is 17.9 Å². The lowest BCUT2D eigenvalue weighted by molar-refractivity contribution is 0.102. The molecule has 0 spiro atoms. The van der Waals surface area contributed by atoms with E-state index >= 15 is 0 Å². The summed E-state index contributed by atoms with van der Waals surface area (Å²) in [6.07, 6.45) is 6.91. The monoisotopic (exact) mass is 451 g/mol. The van der Waals surface area contributed by atoms with Crippen LogP contribution in [0.1, 0.15) is 28.9 Å². The first-order valence-electron chi connectivity index (χ1n) is 9.68. The fourth-order valence-electron chi connectivity index (χ4n) is 3.12. The summed E-state index contributed by atoms with van der Waals surface area (Å²) < 4.78 is 25.1. The third-order valence-corrected chi connectivity index (χ3v) is 5.93. The number of benzene rings is 1. The lowest BCUT2D eigenvalue weighted by Crippen LogP contribution is -2.14. The van der Waals surface area contributed by atoms with Crippen LogP contribution in [0.5, 0.6) is 0 Å². The first-order valence-corrected chi connectivity index (χ1v) is 11.6. The average Bonchev–Trinajstić information content (AvgIpc) is 3.13. The Labute approximate surface area is 184 Å². The van der Waals surface area contributed by atoms with Gasteiger partial charge in [0, 0.05) is 31.4 Å². The molecule has 0 saturated heterocycles. The third-order valence-electron chi connectivity index (χ3n) is 4.85. The minimum atomic E-state index is -3.46. The molecule has 3 heterocycles. The van der Waals surface area contributed by atoms with Crippen LogP contribution in [0, 0.1) is 0 Å². The van der Waals surface area contributed by atoms with E-state index < -0.39 is 15.7 Å². The number of pyridine rings is 1. The number of anilines is 2. The molecule has 32 heavy (non-hydrogen) atoms. The van der Waals surface area contributed by atoms with Crippen LogP contribution >= 0.6 is 0 Å². The summed E-state index contributed by atoms with van der Waals surface area (Å²) in [6, 6.07) is 8.52. The van der Waals surface area contributed by atoms with Gasteiger partial charge in [-0.25, -0.2) is 23.1 Å². The Bertz CT molecular complexity index is 1420. The van der Waals surface area contributed by atoms with Crippen molar-refractivity contribution < 1.29 is 13.2 Å². The quantitative estimate of drug-likeness (QED) is 0.457. The van der Waals surface area contributed by atoms with Gasteiger partial charge in [0.05, 0.1) is 28.9 Å². The number of carbonyl (C=O) groups is 1. The number of hydrogen-bond donors (Lipinski definition) is 2. The molecule has 0 bridgehead atoms. The first kappa shape index (κ1) is 21.4. The van der Waals surface area contributed by atoms with Crippen LogP contribution in [0.15, 0.2) is 60.0 Å². The molecule has 1 amide bonds. The van der Waals surface area contributed by atoms with Crippen LogP contribution in [-0.4, -0.2) is 45.3 Å². The summed E-state index contributed by atoms with van der Waals surface area (Å²) in [4.78, 5) is 25.3. The van der Waals surface area contributed by atoms with E-state index in [1.54, 1.807) is 30.2 Å². The predicted molar refractivity (Wildman–Crippen MR) is 120 cm³/mol.